The predicted molar refractivity (Wildman–Crippen MR) is 60.2 cm³/mol. The number of alkyl halides is 3. The van der Waals surface area contributed by atoms with Crippen LogP contribution in [0.15, 0.2) is 30.3 Å². The second-order valence-electron chi connectivity index (χ2n) is 4.09. The summed E-state index contributed by atoms with van der Waals surface area (Å²) in [5.41, 5.74) is 0. The monoisotopic (exact) mass is 248 g/mol. The fourth-order valence-electron chi connectivity index (χ4n) is 1.34. The van der Waals surface area contributed by atoms with Crippen LogP contribution in [-0.2, 0) is 4.43 Å². The van der Waals surface area contributed by atoms with Crippen LogP contribution in [0, 0.1) is 0 Å². The predicted octanol–water partition coefficient (Wildman–Crippen LogP) is 3.07. The van der Waals surface area contributed by atoms with Crippen molar-refractivity contribution in [3.8, 4) is 0 Å². The number of halogens is 3. The van der Waals surface area contributed by atoms with E-state index in [1.807, 2.05) is 43.4 Å². The van der Waals surface area contributed by atoms with Crippen LogP contribution in [0.2, 0.25) is 13.1 Å². The van der Waals surface area contributed by atoms with Gasteiger partial charge in [0.25, 0.3) is 0 Å². The Morgan fingerprint density at radius 2 is 1.69 bits per heavy atom. The van der Waals surface area contributed by atoms with Gasteiger partial charge in [0, 0.05) is 6.61 Å². The highest BCUT2D eigenvalue weighted by atomic mass is 28.4. The van der Waals surface area contributed by atoms with Gasteiger partial charge in [-0.25, -0.2) is 0 Å². The largest absolute Gasteiger partial charge is 0.413 e. The van der Waals surface area contributed by atoms with Crippen molar-refractivity contribution in [1.29, 1.82) is 0 Å². The highest BCUT2D eigenvalue weighted by Crippen LogP contribution is 2.20. The van der Waals surface area contributed by atoms with Gasteiger partial charge in [0.2, 0.25) is 8.32 Å². The Balaban J connectivity index is 2.53. The molecule has 0 saturated carbocycles. The molecule has 0 aliphatic heterocycles. The number of rotatable bonds is 4. The van der Waals surface area contributed by atoms with Crippen LogP contribution in [0.1, 0.15) is 6.42 Å². The van der Waals surface area contributed by atoms with Gasteiger partial charge in [-0.2, -0.15) is 13.2 Å². The lowest BCUT2D eigenvalue weighted by Crippen LogP contribution is -2.45. The fourth-order valence-corrected chi connectivity index (χ4v) is 3.12. The molecule has 90 valence electrons. The van der Waals surface area contributed by atoms with Crippen LogP contribution < -0.4 is 5.19 Å². The van der Waals surface area contributed by atoms with E-state index in [9.17, 15) is 13.2 Å². The molecule has 1 aromatic rings. The summed E-state index contributed by atoms with van der Waals surface area (Å²) < 4.78 is 41.3. The molecule has 0 unspecified atom stereocenters. The Hall–Kier alpha value is -0.813. The molecule has 0 radical (unpaired) electrons. The number of hydrogen-bond donors (Lipinski definition) is 0. The molecule has 0 bridgehead atoms. The number of hydrogen-bond acceptors (Lipinski definition) is 1. The lowest BCUT2D eigenvalue weighted by atomic mass is 10.4. The summed E-state index contributed by atoms with van der Waals surface area (Å²) in [5.74, 6) is 0. The highest BCUT2D eigenvalue weighted by molar-refractivity contribution is 6.84. The molecular formula is C11H15F3OSi. The first-order chi connectivity index (χ1) is 7.31. The molecule has 1 rings (SSSR count). The van der Waals surface area contributed by atoms with Gasteiger partial charge in [-0.3, -0.25) is 0 Å². The first-order valence-corrected chi connectivity index (χ1v) is 7.98. The lowest BCUT2D eigenvalue weighted by molar-refractivity contribution is -0.139. The van der Waals surface area contributed by atoms with Gasteiger partial charge in [-0.15, -0.1) is 0 Å². The van der Waals surface area contributed by atoms with Crippen molar-refractivity contribution in [2.75, 3.05) is 6.61 Å². The van der Waals surface area contributed by atoms with Gasteiger partial charge in [-0.05, 0) is 18.3 Å². The molecule has 0 saturated heterocycles. The van der Waals surface area contributed by atoms with Crippen LogP contribution in [0.5, 0.6) is 0 Å². The highest BCUT2D eigenvalue weighted by Gasteiger charge is 2.30. The van der Waals surface area contributed by atoms with E-state index in [-0.39, 0.29) is 6.61 Å². The Kier molecular flexibility index (Phi) is 4.15. The van der Waals surface area contributed by atoms with Crippen LogP contribution >= 0.6 is 0 Å². The zero-order chi connectivity index (χ0) is 12.2. The van der Waals surface area contributed by atoms with E-state index < -0.39 is 20.9 Å². The molecule has 16 heavy (non-hydrogen) atoms. The van der Waals surface area contributed by atoms with E-state index in [1.54, 1.807) is 0 Å². The van der Waals surface area contributed by atoms with Crippen LogP contribution in [0.4, 0.5) is 13.2 Å². The maximum atomic E-state index is 12.0. The van der Waals surface area contributed by atoms with E-state index in [1.165, 1.54) is 0 Å². The molecule has 0 atom stereocenters. The minimum Gasteiger partial charge on any atom is -0.413 e. The topological polar surface area (TPSA) is 9.23 Å². The van der Waals surface area contributed by atoms with Crippen LogP contribution in [0.25, 0.3) is 0 Å². The molecule has 0 aromatic heterocycles. The Labute approximate surface area is 94.4 Å². The van der Waals surface area contributed by atoms with E-state index in [0.29, 0.717) is 0 Å². The van der Waals surface area contributed by atoms with Crippen molar-refractivity contribution in [3.05, 3.63) is 30.3 Å². The zero-order valence-electron chi connectivity index (χ0n) is 9.34. The smallest absolute Gasteiger partial charge is 0.391 e. The standard InChI is InChI=1S/C11H15F3OSi/c1-16(2,10-6-4-3-5-7-10)15-9-8-11(12,13)14/h3-7H,8-9H2,1-2H3. The van der Waals surface area contributed by atoms with Crippen molar-refractivity contribution in [1.82, 2.24) is 0 Å². The molecule has 1 nitrogen and oxygen atoms in total. The average Bonchev–Trinajstić information content (AvgIpc) is 2.17. The Morgan fingerprint density at radius 1 is 1.12 bits per heavy atom. The average molecular weight is 248 g/mol. The second-order valence-corrected chi connectivity index (χ2v) is 7.98. The van der Waals surface area contributed by atoms with Crippen molar-refractivity contribution >= 4 is 13.5 Å². The molecule has 0 spiro atoms. The quantitative estimate of drug-likeness (QED) is 0.744. The van der Waals surface area contributed by atoms with Gasteiger partial charge in [-0.1, -0.05) is 30.3 Å². The molecular weight excluding hydrogens is 233 g/mol. The summed E-state index contributed by atoms with van der Waals surface area (Å²) in [7, 11) is -2.18. The summed E-state index contributed by atoms with van der Waals surface area (Å²) in [4.78, 5) is 0. The van der Waals surface area contributed by atoms with Gasteiger partial charge in [0.1, 0.15) is 0 Å². The van der Waals surface area contributed by atoms with E-state index in [4.69, 9.17) is 4.43 Å². The molecule has 0 fully saturated rings. The lowest BCUT2D eigenvalue weighted by Gasteiger charge is -2.23. The third kappa shape index (κ3) is 4.36. The summed E-state index contributed by atoms with van der Waals surface area (Å²) in [5, 5.41) is 1.01. The fraction of sp³-hybridized carbons (Fsp3) is 0.455. The third-order valence-corrected chi connectivity index (χ3v) is 4.97. The number of benzene rings is 1. The Morgan fingerprint density at radius 3 is 2.19 bits per heavy atom. The maximum Gasteiger partial charge on any atom is 0.391 e. The minimum atomic E-state index is -4.14. The Bertz CT molecular complexity index is 322. The van der Waals surface area contributed by atoms with E-state index in [2.05, 4.69) is 0 Å². The summed E-state index contributed by atoms with van der Waals surface area (Å²) in [6, 6.07) is 9.43. The van der Waals surface area contributed by atoms with Crippen molar-refractivity contribution in [2.24, 2.45) is 0 Å². The molecule has 0 aliphatic rings. The SMILES string of the molecule is C[Si](C)(OCCC(F)(F)F)c1ccccc1. The van der Waals surface area contributed by atoms with Gasteiger partial charge in [0.15, 0.2) is 0 Å². The first kappa shape index (κ1) is 13.3. The summed E-state index contributed by atoms with van der Waals surface area (Å²) >= 11 is 0. The third-order valence-electron chi connectivity index (χ3n) is 2.32. The van der Waals surface area contributed by atoms with Gasteiger partial charge in [0.05, 0.1) is 6.42 Å². The normalized spacial score (nSPS) is 12.8. The second kappa shape index (κ2) is 5.01. The van der Waals surface area contributed by atoms with Crippen molar-refractivity contribution < 1.29 is 17.6 Å². The summed E-state index contributed by atoms with van der Waals surface area (Å²) in [6.07, 6.45) is -5.02. The first-order valence-electron chi connectivity index (χ1n) is 5.07. The van der Waals surface area contributed by atoms with Crippen molar-refractivity contribution in [3.63, 3.8) is 0 Å². The van der Waals surface area contributed by atoms with Gasteiger partial charge < -0.3 is 4.43 Å². The van der Waals surface area contributed by atoms with Crippen molar-refractivity contribution in [2.45, 2.75) is 25.7 Å². The van der Waals surface area contributed by atoms with E-state index >= 15 is 0 Å². The van der Waals surface area contributed by atoms with E-state index in [0.717, 1.165) is 5.19 Å². The molecule has 5 heteroatoms. The van der Waals surface area contributed by atoms with Crippen LogP contribution in [-0.4, -0.2) is 21.1 Å². The van der Waals surface area contributed by atoms with Crippen LogP contribution in [0.3, 0.4) is 0 Å². The molecule has 1 aromatic carbocycles. The molecule has 0 heterocycles. The zero-order valence-corrected chi connectivity index (χ0v) is 10.3. The minimum absolute atomic E-state index is 0.252. The summed E-state index contributed by atoms with van der Waals surface area (Å²) in [6.45, 7) is 3.55. The molecule has 0 N–H and O–H groups in total. The van der Waals surface area contributed by atoms with Gasteiger partial charge >= 0.3 is 6.18 Å². The molecule has 0 aliphatic carbocycles. The maximum absolute atomic E-state index is 12.0. The molecule has 0 amide bonds.